The molecule has 0 aliphatic carbocycles. The Balaban J connectivity index is 1.58. The quantitative estimate of drug-likeness (QED) is 0.800. The van der Waals surface area contributed by atoms with Gasteiger partial charge in [-0.2, -0.15) is 0 Å². The summed E-state index contributed by atoms with van der Waals surface area (Å²) in [6, 6.07) is 8.72. The topological polar surface area (TPSA) is 42.0 Å². The van der Waals surface area contributed by atoms with E-state index in [2.05, 4.69) is 21.9 Å². The highest BCUT2D eigenvalue weighted by atomic mass is 16.5. The van der Waals surface area contributed by atoms with Crippen LogP contribution in [0.4, 0.5) is 0 Å². The van der Waals surface area contributed by atoms with Crippen LogP contribution >= 0.6 is 0 Å². The van der Waals surface area contributed by atoms with E-state index in [-0.39, 0.29) is 0 Å². The van der Waals surface area contributed by atoms with E-state index in [4.69, 9.17) is 9.47 Å². The van der Waals surface area contributed by atoms with Gasteiger partial charge in [-0.25, -0.2) is 0 Å². The minimum absolute atomic E-state index is 0.303. The molecule has 0 saturated carbocycles. The van der Waals surface area contributed by atoms with E-state index < -0.39 is 0 Å². The lowest BCUT2D eigenvalue weighted by Crippen LogP contribution is -2.56. The highest BCUT2D eigenvalue weighted by Gasteiger charge is 2.38. The first kappa shape index (κ1) is 17.2. The Morgan fingerprint density at radius 3 is 2.67 bits per heavy atom. The Morgan fingerprint density at radius 1 is 1.17 bits per heavy atom. The minimum Gasteiger partial charge on any atom is -0.497 e. The maximum Gasteiger partial charge on any atom is 0.222 e. The standard InChI is InChI=1S/C19H28N2O3/c1-23-12-11-21-18-9-10-20(14-16(18)5-8-19(21)22)13-15-3-6-17(24-2)7-4-15/h3-4,6-7,16,18H,5,8-14H2,1-2H3/t16-,18+/m0/s1. The maximum absolute atomic E-state index is 12.2. The summed E-state index contributed by atoms with van der Waals surface area (Å²) in [7, 11) is 3.39. The van der Waals surface area contributed by atoms with Crippen molar-refractivity contribution in [3.05, 3.63) is 29.8 Å². The average Bonchev–Trinajstić information content (AvgIpc) is 2.61. The largest absolute Gasteiger partial charge is 0.497 e. The van der Waals surface area contributed by atoms with Crippen LogP contribution < -0.4 is 4.74 Å². The third-order valence-corrected chi connectivity index (χ3v) is 5.33. The van der Waals surface area contributed by atoms with Crippen molar-refractivity contribution in [3.8, 4) is 5.75 Å². The van der Waals surface area contributed by atoms with Crippen molar-refractivity contribution in [2.75, 3.05) is 40.5 Å². The molecule has 2 aliphatic heterocycles. The molecule has 2 heterocycles. The van der Waals surface area contributed by atoms with Crippen molar-refractivity contribution >= 4 is 5.91 Å². The second kappa shape index (κ2) is 7.99. The van der Waals surface area contributed by atoms with Crippen molar-refractivity contribution in [2.45, 2.75) is 31.8 Å². The summed E-state index contributed by atoms with van der Waals surface area (Å²) < 4.78 is 10.4. The van der Waals surface area contributed by atoms with E-state index in [1.54, 1.807) is 14.2 Å². The van der Waals surface area contributed by atoms with Crippen molar-refractivity contribution in [2.24, 2.45) is 5.92 Å². The normalized spacial score (nSPS) is 24.8. The fraction of sp³-hybridized carbons (Fsp3) is 0.632. The van der Waals surface area contributed by atoms with Crippen LogP contribution in [0.25, 0.3) is 0 Å². The number of hydrogen-bond donors (Lipinski definition) is 0. The molecular formula is C19H28N2O3. The molecule has 2 aliphatic rings. The smallest absolute Gasteiger partial charge is 0.222 e. The van der Waals surface area contributed by atoms with Gasteiger partial charge in [-0.3, -0.25) is 9.69 Å². The zero-order valence-electron chi connectivity index (χ0n) is 14.7. The molecule has 0 radical (unpaired) electrons. The van der Waals surface area contributed by atoms with E-state index in [1.165, 1.54) is 5.56 Å². The fourth-order valence-electron chi connectivity index (χ4n) is 4.04. The van der Waals surface area contributed by atoms with Gasteiger partial charge in [0.05, 0.1) is 13.7 Å². The van der Waals surface area contributed by atoms with Crippen molar-refractivity contribution < 1.29 is 14.3 Å². The number of ether oxygens (including phenoxy) is 2. The highest BCUT2D eigenvalue weighted by molar-refractivity contribution is 5.77. The van der Waals surface area contributed by atoms with Crippen LogP contribution in [0.15, 0.2) is 24.3 Å². The Bertz CT molecular complexity index is 546. The van der Waals surface area contributed by atoms with Gasteiger partial charge < -0.3 is 14.4 Å². The van der Waals surface area contributed by atoms with Gasteiger partial charge in [-0.15, -0.1) is 0 Å². The Morgan fingerprint density at radius 2 is 1.96 bits per heavy atom. The third kappa shape index (κ3) is 3.90. The van der Waals surface area contributed by atoms with E-state index in [0.29, 0.717) is 30.9 Å². The summed E-state index contributed by atoms with van der Waals surface area (Å²) in [5.41, 5.74) is 1.32. The molecule has 0 aromatic heterocycles. The molecule has 1 aromatic rings. The van der Waals surface area contributed by atoms with Crippen molar-refractivity contribution in [1.82, 2.24) is 9.80 Å². The lowest BCUT2D eigenvalue weighted by atomic mass is 9.83. The van der Waals surface area contributed by atoms with Crippen LogP contribution in [0.5, 0.6) is 5.75 Å². The summed E-state index contributed by atoms with van der Waals surface area (Å²) in [5, 5.41) is 0. The van der Waals surface area contributed by atoms with Gasteiger partial charge in [0.15, 0.2) is 0 Å². The Kier molecular flexibility index (Phi) is 5.74. The van der Waals surface area contributed by atoms with Gasteiger partial charge in [0, 0.05) is 45.8 Å². The lowest BCUT2D eigenvalue weighted by molar-refractivity contribution is -0.142. The molecule has 2 fully saturated rings. The number of carbonyl (C=O) groups is 1. The molecule has 0 N–H and O–H groups in total. The predicted octanol–water partition coefficient (Wildman–Crippen LogP) is 2.15. The molecule has 0 spiro atoms. The van der Waals surface area contributed by atoms with Crippen molar-refractivity contribution in [1.29, 1.82) is 0 Å². The number of fused-ring (bicyclic) bond motifs is 1. The van der Waals surface area contributed by atoms with Gasteiger partial charge in [-0.05, 0) is 36.5 Å². The van der Waals surface area contributed by atoms with Crippen LogP contribution in [0, 0.1) is 5.92 Å². The SMILES string of the molecule is COCCN1C(=O)CC[C@H]2CN(Cc3ccc(OC)cc3)CC[C@H]21. The number of piperidine rings is 2. The molecule has 2 atom stereocenters. The Hall–Kier alpha value is -1.59. The van der Waals surface area contributed by atoms with E-state index in [1.807, 2.05) is 12.1 Å². The average molecular weight is 332 g/mol. The number of hydrogen-bond acceptors (Lipinski definition) is 4. The molecule has 3 rings (SSSR count). The van der Waals surface area contributed by atoms with Gasteiger partial charge >= 0.3 is 0 Å². The lowest BCUT2D eigenvalue weighted by Gasteiger charge is -2.47. The second-order valence-corrected chi connectivity index (χ2v) is 6.82. The van der Waals surface area contributed by atoms with Gasteiger partial charge in [0.2, 0.25) is 5.91 Å². The minimum atomic E-state index is 0.303. The maximum atomic E-state index is 12.2. The van der Waals surface area contributed by atoms with Crippen LogP contribution in [0.2, 0.25) is 0 Å². The number of methoxy groups -OCH3 is 2. The van der Waals surface area contributed by atoms with E-state index in [0.717, 1.165) is 44.8 Å². The van der Waals surface area contributed by atoms with Crippen LogP contribution in [0.3, 0.4) is 0 Å². The zero-order valence-corrected chi connectivity index (χ0v) is 14.7. The van der Waals surface area contributed by atoms with Crippen molar-refractivity contribution in [3.63, 3.8) is 0 Å². The monoisotopic (exact) mass is 332 g/mol. The molecule has 0 unspecified atom stereocenters. The first-order chi connectivity index (χ1) is 11.7. The molecule has 5 heteroatoms. The number of rotatable bonds is 6. The number of likely N-dealkylation sites (tertiary alicyclic amines) is 2. The highest BCUT2D eigenvalue weighted by Crippen LogP contribution is 2.31. The predicted molar refractivity (Wildman–Crippen MR) is 93.0 cm³/mol. The number of nitrogens with zero attached hydrogens (tertiary/aromatic N) is 2. The molecule has 5 nitrogen and oxygen atoms in total. The van der Waals surface area contributed by atoms with E-state index >= 15 is 0 Å². The van der Waals surface area contributed by atoms with Crippen LogP contribution in [-0.2, 0) is 16.1 Å². The fourth-order valence-corrected chi connectivity index (χ4v) is 4.04. The number of benzene rings is 1. The van der Waals surface area contributed by atoms with Gasteiger partial charge in [0.25, 0.3) is 0 Å². The molecule has 0 bridgehead atoms. The third-order valence-electron chi connectivity index (χ3n) is 5.33. The Labute approximate surface area is 144 Å². The molecule has 1 aromatic carbocycles. The second-order valence-electron chi connectivity index (χ2n) is 6.82. The molecule has 24 heavy (non-hydrogen) atoms. The summed E-state index contributed by atoms with van der Waals surface area (Å²) in [6.07, 6.45) is 2.77. The summed E-state index contributed by atoms with van der Waals surface area (Å²) in [6.45, 7) is 4.45. The first-order valence-electron chi connectivity index (χ1n) is 8.85. The number of carbonyl (C=O) groups excluding carboxylic acids is 1. The zero-order chi connectivity index (χ0) is 16.9. The van der Waals surface area contributed by atoms with Crippen LogP contribution in [0.1, 0.15) is 24.8 Å². The molecule has 2 saturated heterocycles. The van der Waals surface area contributed by atoms with Crippen LogP contribution in [-0.4, -0.2) is 62.2 Å². The van der Waals surface area contributed by atoms with Gasteiger partial charge in [0.1, 0.15) is 5.75 Å². The summed E-state index contributed by atoms with van der Waals surface area (Å²) >= 11 is 0. The first-order valence-corrected chi connectivity index (χ1v) is 8.85. The van der Waals surface area contributed by atoms with E-state index in [9.17, 15) is 4.79 Å². The van der Waals surface area contributed by atoms with Gasteiger partial charge in [-0.1, -0.05) is 12.1 Å². The molecular weight excluding hydrogens is 304 g/mol. The number of amides is 1. The summed E-state index contributed by atoms with van der Waals surface area (Å²) in [4.78, 5) is 16.8. The summed E-state index contributed by atoms with van der Waals surface area (Å²) in [5.74, 6) is 1.79. The molecule has 132 valence electrons. The molecule has 1 amide bonds.